The highest BCUT2D eigenvalue weighted by atomic mass is 16.7. The van der Waals surface area contributed by atoms with Crippen LogP contribution in [0.1, 0.15) is 27.6 Å². The number of ether oxygens (including phenoxy) is 2. The summed E-state index contributed by atoms with van der Waals surface area (Å²) in [5.41, 5.74) is 3.00. The van der Waals surface area contributed by atoms with Crippen LogP contribution in [0.3, 0.4) is 0 Å². The first-order valence-corrected chi connectivity index (χ1v) is 12.1. The van der Waals surface area contributed by atoms with Gasteiger partial charge in [0.1, 0.15) is 0 Å². The number of pyridine rings is 1. The number of amides is 2. The molecule has 9 heteroatoms. The molecule has 2 aromatic carbocycles. The Morgan fingerprint density at radius 3 is 2.62 bits per heavy atom. The molecule has 1 saturated heterocycles. The van der Waals surface area contributed by atoms with Gasteiger partial charge in [-0.2, -0.15) is 0 Å². The third kappa shape index (κ3) is 3.98. The molecule has 4 heterocycles. The van der Waals surface area contributed by atoms with Crippen LogP contribution < -0.4 is 9.47 Å². The van der Waals surface area contributed by atoms with E-state index in [1.165, 1.54) is 0 Å². The Morgan fingerprint density at radius 1 is 1.00 bits per heavy atom. The maximum absolute atomic E-state index is 13.4. The Kier molecular flexibility index (Phi) is 5.60. The van der Waals surface area contributed by atoms with Crippen molar-refractivity contribution in [3.63, 3.8) is 0 Å². The number of carbonyl (C=O) groups excluding carboxylic acids is 3. The lowest BCUT2D eigenvalue weighted by Crippen LogP contribution is -2.56. The van der Waals surface area contributed by atoms with Crippen molar-refractivity contribution in [2.45, 2.75) is 13.0 Å². The lowest BCUT2D eigenvalue weighted by Gasteiger charge is -2.39. The van der Waals surface area contributed by atoms with Gasteiger partial charge in [0, 0.05) is 54.6 Å². The summed E-state index contributed by atoms with van der Waals surface area (Å²) in [5.74, 6) is 0.0493. The number of piperazine rings is 1. The number of aromatic amines is 1. The summed E-state index contributed by atoms with van der Waals surface area (Å²) in [6.45, 7) is 3.04. The fourth-order valence-electron chi connectivity index (χ4n) is 4.96. The summed E-state index contributed by atoms with van der Waals surface area (Å²) in [6.07, 6.45) is 3.18. The topological polar surface area (TPSA) is 105 Å². The molecular weight excluding hydrogens is 472 g/mol. The molecule has 6 rings (SSSR count). The maximum atomic E-state index is 13.4. The molecular formula is C28H24N4O5. The van der Waals surface area contributed by atoms with Gasteiger partial charge in [-0.3, -0.25) is 19.4 Å². The molecule has 0 spiro atoms. The highest BCUT2D eigenvalue weighted by Crippen LogP contribution is 2.37. The molecule has 1 N–H and O–H groups in total. The van der Waals surface area contributed by atoms with Crippen LogP contribution in [0.25, 0.3) is 22.2 Å². The average Bonchev–Trinajstić information content (AvgIpc) is 3.59. The van der Waals surface area contributed by atoms with Crippen molar-refractivity contribution in [3.8, 4) is 22.8 Å². The number of benzene rings is 2. The summed E-state index contributed by atoms with van der Waals surface area (Å²) in [5, 5.41) is 0.617. The van der Waals surface area contributed by atoms with E-state index in [1.54, 1.807) is 40.4 Å². The van der Waals surface area contributed by atoms with Gasteiger partial charge < -0.3 is 24.3 Å². The first-order chi connectivity index (χ1) is 18.0. The van der Waals surface area contributed by atoms with E-state index in [0.29, 0.717) is 52.3 Å². The molecule has 186 valence electrons. The molecule has 2 aliphatic rings. The second-order valence-electron chi connectivity index (χ2n) is 9.15. The second kappa shape index (κ2) is 9.09. The SMILES string of the molecule is CC1CN(C(=O)c2ccccc2)CCN1C(=O)C(=O)c1c[nH]c2c(-c3ccc4c(c3)OCO4)nccc12. The number of hydrogen-bond donors (Lipinski definition) is 1. The average molecular weight is 497 g/mol. The first-order valence-electron chi connectivity index (χ1n) is 12.1. The van der Waals surface area contributed by atoms with Gasteiger partial charge in [-0.25, -0.2) is 0 Å². The van der Waals surface area contributed by atoms with E-state index in [1.807, 2.05) is 43.3 Å². The monoisotopic (exact) mass is 496 g/mol. The number of nitrogens with zero attached hydrogens (tertiary/aromatic N) is 3. The summed E-state index contributed by atoms with van der Waals surface area (Å²) in [4.78, 5) is 50.4. The van der Waals surface area contributed by atoms with Gasteiger partial charge in [0.2, 0.25) is 6.79 Å². The number of H-pyrrole nitrogens is 1. The van der Waals surface area contributed by atoms with Crippen LogP contribution in [0, 0.1) is 0 Å². The third-order valence-corrected chi connectivity index (χ3v) is 6.88. The number of Topliss-reactive ketones (excluding diaryl/α,β-unsaturated/α-hetero) is 1. The molecule has 1 atom stereocenters. The van der Waals surface area contributed by atoms with E-state index in [2.05, 4.69) is 9.97 Å². The molecule has 0 radical (unpaired) electrons. The summed E-state index contributed by atoms with van der Waals surface area (Å²) >= 11 is 0. The quantitative estimate of drug-likeness (QED) is 0.343. The number of nitrogens with one attached hydrogen (secondary N) is 1. The van der Waals surface area contributed by atoms with Crippen LogP contribution in [0.2, 0.25) is 0 Å². The van der Waals surface area contributed by atoms with Gasteiger partial charge in [-0.15, -0.1) is 0 Å². The Bertz CT molecular complexity index is 1530. The van der Waals surface area contributed by atoms with Crippen molar-refractivity contribution in [1.82, 2.24) is 19.8 Å². The third-order valence-electron chi connectivity index (χ3n) is 6.88. The number of rotatable bonds is 4. The number of fused-ring (bicyclic) bond motifs is 2. The molecule has 0 aliphatic carbocycles. The Hall–Kier alpha value is -4.66. The highest BCUT2D eigenvalue weighted by Gasteiger charge is 2.34. The normalized spacial score (nSPS) is 16.7. The van der Waals surface area contributed by atoms with Gasteiger partial charge in [-0.05, 0) is 43.3 Å². The molecule has 2 amide bonds. The second-order valence-corrected chi connectivity index (χ2v) is 9.15. The van der Waals surface area contributed by atoms with Crippen molar-refractivity contribution in [1.29, 1.82) is 0 Å². The zero-order valence-electron chi connectivity index (χ0n) is 20.1. The van der Waals surface area contributed by atoms with Gasteiger partial charge in [0.15, 0.2) is 11.5 Å². The fourth-order valence-corrected chi connectivity index (χ4v) is 4.96. The standard InChI is InChI=1S/C28H24N4O5/c1-17-15-31(27(34)18-5-3-2-4-6-18)11-12-32(17)28(35)26(33)21-14-30-25-20(21)9-10-29-24(25)19-7-8-22-23(13-19)37-16-36-22/h2-10,13-14,17,30H,11-12,15-16H2,1H3. The van der Waals surface area contributed by atoms with E-state index in [-0.39, 0.29) is 25.3 Å². The minimum absolute atomic E-state index is 0.0777. The van der Waals surface area contributed by atoms with Crippen LogP contribution >= 0.6 is 0 Å². The van der Waals surface area contributed by atoms with Crippen LogP contribution in [0.15, 0.2) is 67.0 Å². The van der Waals surface area contributed by atoms with Crippen LogP contribution in [-0.4, -0.2) is 69.8 Å². The van der Waals surface area contributed by atoms with E-state index < -0.39 is 11.7 Å². The van der Waals surface area contributed by atoms with Crippen molar-refractivity contribution < 1.29 is 23.9 Å². The largest absolute Gasteiger partial charge is 0.454 e. The van der Waals surface area contributed by atoms with Crippen LogP contribution in [0.4, 0.5) is 0 Å². The molecule has 37 heavy (non-hydrogen) atoms. The molecule has 2 aromatic heterocycles. The Morgan fingerprint density at radius 2 is 1.81 bits per heavy atom. The molecule has 1 unspecified atom stereocenters. The molecule has 0 bridgehead atoms. The van der Waals surface area contributed by atoms with Crippen LogP contribution in [-0.2, 0) is 4.79 Å². The van der Waals surface area contributed by atoms with Crippen molar-refractivity contribution in [2.24, 2.45) is 0 Å². The van der Waals surface area contributed by atoms with E-state index >= 15 is 0 Å². The Labute approximate surface area is 212 Å². The molecule has 1 fully saturated rings. The van der Waals surface area contributed by atoms with Gasteiger partial charge >= 0.3 is 0 Å². The zero-order chi connectivity index (χ0) is 25.5. The lowest BCUT2D eigenvalue weighted by molar-refractivity contribution is -0.130. The van der Waals surface area contributed by atoms with E-state index in [4.69, 9.17) is 9.47 Å². The number of ketones is 1. The summed E-state index contributed by atoms with van der Waals surface area (Å²) in [7, 11) is 0. The Balaban J connectivity index is 1.22. The lowest BCUT2D eigenvalue weighted by atomic mass is 10.0. The minimum Gasteiger partial charge on any atom is -0.454 e. The predicted molar refractivity (Wildman–Crippen MR) is 136 cm³/mol. The number of hydrogen-bond acceptors (Lipinski definition) is 6. The first kappa shape index (κ1) is 22.8. The van der Waals surface area contributed by atoms with Crippen molar-refractivity contribution >= 4 is 28.5 Å². The molecule has 0 saturated carbocycles. The zero-order valence-corrected chi connectivity index (χ0v) is 20.1. The summed E-state index contributed by atoms with van der Waals surface area (Å²) < 4.78 is 10.9. The van der Waals surface area contributed by atoms with Crippen molar-refractivity contribution in [3.05, 3.63) is 78.1 Å². The predicted octanol–water partition coefficient (Wildman–Crippen LogP) is 3.51. The molecule has 9 nitrogen and oxygen atoms in total. The van der Waals surface area contributed by atoms with Crippen LogP contribution in [0.5, 0.6) is 11.5 Å². The number of aromatic nitrogens is 2. The molecule has 4 aromatic rings. The van der Waals surface area contributed by atoms with Crippen molar-refractivity contribution in [2.75, 3.05) is 26.4 Å². The smallest absolute Gasteiger partial charge is 0.295 e. The minimum atomic E-state index is -0.594. The van der Waals surface area contributed by atoms with Gasteiger partial charge in [0.05, 0.1) is 16.8 Å². The molecule has 2 aliphatic heterocycles. The highest BCUT2D eigenvalue weighted by molar-refractivity contribution is 6.45. The van der Waals surface area contributed by atoms with E-state index in [0.717, 1.165) is 5.56 Å². The fraction of sp³-hybridized carbons (Fsp3) is 0.214. The summed E-state index contributed by atoms with van der Waals surface area (Å²) in [6, 6.07) is 16.0. The maximum Gasteiger partial charge on any atom is 0.295 e. The number of carbonyl (C=O) groups is 3. The van der Waals surface area contributed by atoms with E-state index in [9.17, 15) is 14.4 Å². The van der Waals surface area contributed by atoms with Gasteiger partial charge in [0.25, 0.3) is 17.6 Å². The van der Waals surface area contributed by atoms with Gasteiger partial charge in [-0.1, -0.05) is 18.2 Å².